The van der Waals surface area contributed by atoms with E-state index in [2.05, 4.69) is 0 Å². The first-order valence-corrected chi connectivity index (χ1v) is 13.2. The molecule has 3 aliphatic rings. The minimum atomic E-state index is -3.39. The summed E-state index contributed by atoms with van der Waals surface area (Å²) in [6.07, 6.45) is 4.39. The van der Waals surface area contributed by atoms with Crippen molar-refractivity contribution in [2.24, 2.45) is 5.41 Å². The molecule has 1 aromatic carbocycles. The molecule has 1 spiro atoms. The summed E-state index contributed by atoms with van der Waals surface area (Å²) < 4.78 is 32.9. The standard InChI is InChI=1S/C23H28N2O4S2/c1-29-19-6-4-18(5-7-19)23(8-9-23)21(26)24-13-10-22(17-24)11-14-25(15-12-22)31(27,28)20-3-2-16-30-20/h2-7,16H,8-15,17H2,1H3. The number of ether oxygens (including phenoxy) is 1. The number of amides is 1. The first-order chi connectivity index (χ1) is 14.9. The van der Waals surface area contributed by atoms with Crippen molar-refractivity contribution in [1.29, 1.82) is 0 Å². The van der Waals surface area contributed by atoms with Gasteiger partial charge in [0, 0.05) is 26.2 Å². The third kappa shape index (κ3) is 3.58. The summed E-state index contributed by atoms with van der Waals surface area (Å²) in [4.78, 5) is 15.5. The van der Waals surface area contributed by atoms with Crippen LogP contribution in [0.4, 0.5) is 0 Å². The van der Waals surface area contributed by atoms with E-state index >= 15 is 0 Å². The molecule has 0 radical (unpaired) electrons. The topological polar surface area (TPSA) is 66.9 Å². The van der Waals surface area contributed by atoms with Crippen LogP contribution in [-0.4, -0.2) is 56.8 Å². The van der Waals surface area contributed by atoms with Gasteiger partial charge in [-0.3, -0.25) is 4.79 Å². The van der Waals surface area contributed by atoms with Crippen LogP contribution in [0.15, 0.2) is 46.0 Å². The molecule has 2 aromatic rings. The average Bonchev–Trinajstić information content (AvgIpc) is 3.20. The van der Waals surface area contributed by atoms with Gasteiger partial charge in [0.2, 0.25) is 5.91 Å². The van der Waals surface area contributed by atoms with Gasteiger partial charge in [-0.05, 0) is 66.7 Å². The number of hydrogen-bond donors (Lipinski definition) is 0. The fraction of sp³-hybridized carbons (Fsp3) is 0.522. The van der Waals surface area contributed by atoms with Crippen molar-refractivity contribution in [3.8, 4) is 5.75 Å². The van der Waals surface area contributed by atoms with Gasteiger partial charge in [-0.15, -0.1) is 11.3 Å². The Balaban J connectivity index is 1.25. The molecule has 6 nitrogen and oxygen atoms in total. The lowest BCUT2D eigenvalue weighted by Gasteiger charge is -2.38. The van der Waals surface area contributed by atoms with Crippen molar-refractivity contribution in [3.63, 3.8) is 0 Å². The van der Waals surface area contributed by atoms with Crippen LogP contribution in [0.3, 0.4) is 0 Å². The molecule has 1 saturated carbocycles. The van der Waals surface area contributed by atoms with Crippen molar-refractivity contribution in [3.05, 3.63) is 47.3 Å². The van der Waals surface area contributed by atoms with Gasteiger partial charge in [0.25, 0.3) is 10.0 Å². The molecule has 1 amide bonds. The van der Waals surface area contributed by atoms with Crippen LogP contribution in [0, 0.1) is 5.41 Å². The molecule has 0 bridgehead atoms. The Kier molecular flexibility index (Phi) is 5.14. The van der Waals surface area contributed by atoms with Gasteiger partial charge in [0.05, 0.1) is 12.5 Å². The molecule has 5 rings (SSSR count). The van der Waals surface area contributed by atoms with Gasteiger partial charge in [-0.2, -0.15) is 4.31 Å². The molecule has 2 aliphatic heterocycles. The molecule has 2 saturated heterocycles. The van der Waals surface area contributed by atoms with E-state index in [0.717, 1.165) is 56.5 Å². The first-order valence-electron chi connectivity index (χ1n) is 10.9. The van der Waals surface area contributed by atoms with Crippen molar-refractivity contribution in [2.45, 2.75) is 41.7 Å². The van der Waals surface area contributed by atoms with Gasteiger partial charge < -0.3 is 9.64 Å². The molecule has 31 heavy (non-hydrogen) atoms. The lowest BCUT2D eigenvalue weighted by atomic mass is 9.78. The zero-order valence-corrected chi connectivity index (χ0v) is 19.4. The highest BCUT2D eigenvalue weighted by Crippen LogP contribution is 2.52. The fourth-order valence-corrected chi connectivity index (χ4v) is 7.80. The predicted molar refractivity (Wildman–Crippen MR) is 120 cm³/mol. The number of thiophene rings is 1. The number of carbonyl (C=O) groups is 1. The molecule has 3 heterocycles. The number of carbonyl (C=O) groups excluding carboxylic acids is 1. The Morgan fingerprint density at radius 2 is 1.68 bits per heavy atom. The van der Waals surface area contributed by atoms with Crippen molar-refractivity contribution < 1.29 is 17.9 Å². The smallest absolute Gasteiger partial charge is 0.252 e. The van der Waals surface area contributed by atoms with E-state index in [4.69, 9.17) is 4.74 Å². The van der Waals surface area contributed by atoms with Gasteiger partial charge in [0.15, 0.2) is 0 Å². The van der Waals surface area contributed by atoms with Crippen LogP contribution in [0.2, 0.25) is 0 Å². The maximum absolute atomic E-state index is 13.5. The lowest BCUT2D eigenvalue weighted by Crippen LogP contribution is -2.45. The number of hydrogen-bond acceptors (Lipinski definition) is 5. The molecule has 166 valence electrons. The Morgan fingerprint density at radius 1 is 1.00 bits per heavy atom. The largest absolute Gasteiger partial charge is 0.497 e. The highest BCUT2D eigenvalue weighted by Gasteiger charge is 2.55. The number of nitrogens with zero attached hydrogens (tertiary/aromatic N) is 2. The summed E-state index contributed by atoms with van der Waals surface area (Å²) in [6.45, 7) is 2.59. The van der Waals surface area contributed by atoms with E-state index in [-0.39, 0.29) is 16.7 Å². The molecule has 8 heteroatoms. The van der Waals surface area contributed by atoms with Gasteiger partial charge in [-0.25, -0.2) is 8.42 Å². The van der Waals surface area contributed by atoms with Crippen LogP contribution < -0.4 is 4.74 Å². The van der Waals surface area contributed by atoms with E-state index in [9.17, 15) is 13.2 Å². The summed E-state index contributed by atoms with van der Waals surface area (Å²) in [5, 5.41) is 1.80. The number of sulfonamides is 1. The molecule has 3 fully saturated rings. The van der Waals surface area contributed by atoms with Gasteiger partial charge in [0.1, 0.15) is 9.96 Å². The average molecular weight is 461 g/mol. The Bertz CT molecular complexity index is 1050. The van der Waals surface area contributed by atoms with E-state index < -0.39 is 10.0 Å². The predicted octanol–water partition coefficient (Wildman–Crippen LogP) is 3.49. The third-order valence-electron chi connectivity index (χ3n) is 7.40. The van der Waals surface area contributed by atoms with Gasteiger partial charge >= 0.3 is 0 Å². The number of piperidine rings is 1. The second-order valence-electron chi connectivity index (χ2n) is 9.12. The van der Waals surface area contributed by atoms with E-state index in [1.807, 2.05) is 29.2 Å². The van der Waals surface area contributed by atoms with Gasteiger partial charge in [-0.1, -0.05) is 18.2 Å². The second kappa shape index (κ2) is 7.60. The van der Waals surface area contributed by atoms with Crippen molar-refractivity contribution in [1.82, 2.24) is 9.21 Å². The molecule has 0 unspecified atom stereocenters. The zero-order valence-electron chi connectivity index (χ0n) is 17.7. The normalized spacial score (nSPS) is 22.5. The fourth-order valence-electron chi connectivity index (χ4n) is 5.22. The summed E-state index contributed by atoms with van der Waals surface area (Å²) in [6, 6.07) is 11.3. The third-order valence-corrected chi connectivity index (χ3v) is 10.7. The maximum Gasteiger partial charge on any atom is 0.252 e. The highest BCUT2D eigenvalue weighted by atomic mass is 32.2. The summed E-state index contributed by atoms with van der Waals surface area (Å²) in [5.41, 5.74) is 0.754. The minimum Gasteiger partial charge on any atom is -0.497 e. The SMILES string of the molecule is COc1ccc(C2(C(=O)N3CCC4(CCN(S(=O)(=O)c5cccs5)CC4)C3)CC2)cc1. The Labute approximate surface area is 187 Å². The summed E-state index contributed by atoms with van der Waals surface area (Å²) >= 11 is 1.27. The quantitative estimate of drug-likeness (QED) is 0.685. The Hall–Kier alpha value is -1.90. The zero-order chi connectivity index (χ0) is 21.7. The molecular weight excluding hydrogens is 432 g/mol. The van der Waals surface area contributed by atoms with Crippen molar-refractivity contribution in [2.75, 3.05) is 33.3 Å². The first kappa shape index (κ1) is 21.0. The van der Waals surface area contributed by atoms with E-state index in [1.54, 1.807) is 28.9 Å². The number of likely N-dealkylation sites (tertiary alicyclic amines) is 1. The van der Waals surface area contributed by atoms with Crippen LogP contribution in [0.25, 0.3) is 0 Å². The van der Waals surface area contributed by atoms with E-state index in [1.165, 1.54) is 11.3 Å². The number of rotatable bonds is 5. The monoisotopic (exact) mass is 460 g/mol. The van der Waals surface area contributed by atoms with Crippen LogP contribution in [-0.2, 0) is 20.2 Å². The summed E-state index contributed by atoms with van der Waals surface area (Å²) in [7, 11) is -1.74. The Morgan fingerprint density at radius 3 is 2.26 bits per heavy atom. The summed E-state index contributed by atoms with van der Waals surface area (Å²) in [5.74, 6) is 1.04. The molecule has 0 atom stereocenters. The molecule has 1 aromatic heterocycles. The van der Waals surface area contributed by atoms with Crippen LogP contribution >= 0.6 is 11.3 Å². The molecule has 1 aliphatic carbocycles. The van der Waals surface area contributed by atoms with Crippen molar-refractivity contribution >= 4 is 27.3 Å². The van der Waals surface area contributed by atoms with Crippen LogP contribution in [0.1, 0.15) is 37.7 Å². The highest BCUT2D eigenvalue weighted by molar-refractivity contribution is 7.91. The minimum absolute atomic E-state index is 0.0487. The second-order valence-corrected chi connectivity index (χ2v) is 12.2. The molecule has 0 N–H and O–H groups in total. The number of benzene rings is 1. The van der Waals surface area contributed by atoms with Crippen LogP contribution in [0.5, 0.6) is 5.75 Å². The maximum atomic E-state index is 13.5. The number of methoxy groups -OCH3 is 1. The lowest BCUT2D eigenvalue weighted by molar-refractivity contribution is -0.133. The molecular formula is C23H28N2O4S2. The van der Waals surface area contributed by atoms with E-state index in [0.29, 0.717) is 17.3 Å².